The predicted octanol–water partition coefficient (Wildman–Crippen LogP) is 2.86. The van der Waals surface area contributed by atoms with E-state index in [0.717, 1.165) is 24.0 Å². The Kier molecular flexibility index (Phi) is 6.98. The molecule has 0 fully saturated rings. The molecule has 1 atom stereocenters. The molecular formula is C18H26N2O. The van der Waals surface area contributed by atoms with E-state index in [2.05, 4.69) is 31.0 Å². The maximum Gasteiger partial charge on any atom is 0.251 e. The molecule has 3 heteroatoms. The number of nitrogens with one attached hydrogen (secondary N) is 1. The second-order valence-corrected chi connectivity index (χ2v) is 5.88. The number of hydrogen-bond acceptors (Lipinski definition) is 2. The average Bonchev–Trinajstić information content (AvgIpc) is 2.44. The van der Waals surface area contributed by atoms with Crippen molar-refractivity contribution in [2.24, 2.45) is 11.7 Å². The molecule has 21 heavy (non-hydrogen) atoms. The van der Waals surface area contributed by atoms with Crippen LogP contribution in [0.1, 0.15) is 55.1 Å². The molecule has 1 aromatic rings. The van der Waals surface area contributed by atoms with Gasteiger partial charge in [-0.25, -0.2) is 0 Å². The molecule has 114 valence electrons. The summed E-state index contributed by atoms with van der Waals surface area (Å²) >= 11 is 0. The van der Waals surface area contributed by atoms with E-state index in [4.69, 9.17) is 5.73 Å². The number of hydrogen-bond donors (Lipinski definition) is 2. The van der Waals surface area contributed by atoms with Crippen molar-refractivity contribution >= 4 is 5.91 Å². The minimum atomic E-state index is -0.0276. The summed E-state index contributed by atoms with van der Waals surface area (Å²) < 4.78 is 0. The van der Waals surface area contributed by atoms with Gasteiger partial charge in [0.15, 0.2) is 0 Å². The van der Waals surface area contributed by atoms with Gasteiger partial charge in [0.1, 0.15) is 0 Å². The lowest BCUT2D eigenvalue weighted by Crippen LogP contribution is -2.33. The fraction of sp³-hybridized carbons (Fsp3) is 0.500. The smallest absolute Gasteiger partial charge is 0.251 e. The monoisotopic (exact) mass is 286 g/mol. The largest absolute Gasteiger partial charge is 0.350 e. The van der Waals surface area contributed by atoms with E-state index in [1.54, 1.807) is 0 Å². The third kappa shape index (κ3) is 6.01. The van der Waals surface area contributed by atoms with Gasteiger partial charge < -0.3 is 11.1 Å². The number of carbonyl (C=O) groups is 1. The third-order valence-electron chi connectivity index (χ3n) is 3.37. The van der Waals surface area contributed by atoms with Gasteiger partial charge in [-0.05, 0) is 50.3 Å². The highest BCUT2D eigenvalue weighted by atomic mass is 16.1. The molecule has 1 unspecified atom stereocenters. The van der Waals surface area contributed by atoms with Crippen LogP contribution in [-0.2, 0) is 0 Å². The molecule has 0 bridgehead atoms. The summed E-state index contributed by atoms with van der Waals surface area (Å²) in [5, 5.41) is 3.06. The molecule has 0 radical (unpaired) electrons. The molecule has 0 aliphatic rings. The van der Waals surface area contributed by atoms with Gasteiger partial charge in [0.2, 0.25) is 0 Å². The molecule has 1 aromatic carbocycles. The Bertz CT molecular complexity index is 538. The van der Waals surface area contributed by atoms with Crippen molar-refractivity contribution in [3.8, 4) is 11.8 Å². The maximum absolute atomic E-state index is 12.4. The molecule has 0 spiro atoms. The minimum Gasteiger partial charge on any atom is -0.350 e. The molecule has 1 rings (SSSR count). The first kappa shape index (κ1) is 17.3. The molecule has 3 nitrogen and oxygen atoms in total. The summed E-state index contributed by atoms with van der Waals surface area (Å²) in [5.41, 5.74) is 7.85. The number of carbonyl (C=O) groups excluding carboxylic acids is 1. The average molecular weight is 286 g/mol. The first-order valence-electron chi connectivity index (χ1n) is 7.54. The Labute approximate surface area is 128 Å². The van der Waals surface area contributed by atoms with Gasteiger partial charge in [-0.3, -0.25) is 4.79 Å². The van der Waals surface area contributed by atoms with Crippen molar-refractivity contribution in [3.63, 3.8) is 0 Å². The van der Waals surface area contributed by atoms with Crippen LogP contribution in [0.4, 0.5) is 0 Å². The molecule has 3 N–H and O–H groups in total. The van der Waals surface area contributed by atoms with Gasteiger partial charge in [0.25, 0.3) is 5.91 Å². The molecule has 0 heterocycles. The summed E-state index contributed by atoms with van der Waals surface area (Å²) in [7, 11) is 0. The van der Waals surface area contributed by atoms with Crippen LogP contribution in [0.2, 0.25) is 0 Å². The lowest BCUT2D eigenvalue weighted by molar-refractivity contribution is 0.0936. The fourth-order valence-corrected chi connectivity index (χ4v) is 2.05. The number of nitrogens with two attached hydrogens (primary N) is 1. The first-order valence-corrected chi connectivity index (χ1v) is 7.54. The SMILES string of the molecule is Cc1ccc(C#CCN)cc1C(=O)NC(C)CCC(C)C. The normalized spacial score (nSPS) is 11.7. The van der Waals surface area contributed by atoms with E-state index in [9.17, 15) is 4.79 Å². The molecule has 0 aliphatic heterocycles. The summed E-state index contributed by atoms with van der Waals surface area (Å²) in [6.45, 7) is 8.69. The topological polar surface area (TPSA) is 55.1 Å². The number of amides is 1. The van der Waals surface area contributed by atoms with E-state index >= 15 is 0 Å². The van der Waals surface area contributed by atoms with Crippen LogP contribution in [0, 0.1) is 24.7 Å². The zero-order valence-corrected chi connectivity index (χ0v) is 13.5. The Morgan fingerprint density at radius 1 is 1.29 bits per heavy atom. The standard InChI is InChI=1S/C18H26N2O/c1-13(2)7-9-15(4)20-18(21)17-12-16(6-5-11-19)10-8-14(17)3/h8,10,12-13,15H,7,9,11,19H2,1-4H3,(H,20,21). The van der Waals surface area contributed by atoms with Gasteiger partial charge in [-0.1, -0.05) is 31.8 Å². The predicted molar refractivity (Wildman–Crippen MR) is 88.1 cm³/mol. The van der Waals surface area contributed by atoms with E-state index in [0.29, 0.717) is 18.0 Å². The van der Waals surface area contributed by atoms with Gasteiger partial charge in [0, 0.05) is 17.2 Å². The summed E-state index contributed by atoms with van der Waals surface area (Å²) in [4.78, 5) is 12.4. The van der Waals surface area contributed by atoms with Crippen LogP contribution in [0.3, 0.4) is 0 Å². The molecule has 1 amide bonds. The summed E-state index contributed by atoms with van der Waals surface area (Å²) in [5.74, 6) is 6.40. The third-order valence-corrected chi connectivity index (χ3v) is 3.37. The highest BCUT2D eigenvalue weighted by Crippen LogP contribution is 2.12. The van der Waals surface area contributed by atoms with Crippen molar-refractivity contribution in [3.05, 3.63) is 34.9 Å². The van der Waals surface area contributed by atoms with Crippen LogP contribution >= 0.6 is 0 Å². The zero-order chi connectivity index (χ0) is 15.8. The number of rotatable bonds is 5. The van der Waals surface area contributed by atoms with Gasteiger partial charge in [-0.2, -0.15) is 0 Å². The van der Waals surface area contributed by atoms with Crippen molar-refractivity contribution in [1.82, 2.24) is 5.32 Å². The Morgan fingerprint density at radius 3 is 2.62 bits per heavy atom. The van der Waals surface area contributed by atoms with E-state index < -0.39 is 0 Å². The van der Waals surface area contributed by atoms with E-state index in [-0.39, 0.29) is 11.9 Å². The Balaban J connectivity index is 2.77. The molecule has 0 aliphatic carbocycles. The van der Waals surface area contributed by atoms with Crippen molar-refractivity contribution in [2.45, 2.75) is 46.6 Å². The maximum atomic E-state index is 12.4. The summed E-state index contributed by atoms with van der Waals surface area (Å²) in [6, 6.07) is 5.85. The van der Waals surface area contributed by atoms with Gasteiger partial charge in [0.05, 0.1) is 6.54 Å². The van der Waals surface area contributed by atoms with Crippen molar-refractivity contribution in [2.75, 3.05) is 6.54 Å². The molecule has 0 saturated heterocycles. The number of benzene rings is 1. The van der Waals surface area contributed by atoms with E-state index in [1.807, 2.05) is 32.0 Å². The number of aryl methyl sites for hydroxylation is 1. The van der Waals surface area contributed by atoms with E-state index in [1.165, 1.54) is 0 Å². The highest BCUT2D eigenvalue weighted by molar-refractivity contribution is 5.96. The molecule has 0 saturated carbocycles. The second kappa shape index (κ2) is 8.49. The van der Waals surface area contributed by atoms with Crippen LogP contribution < -0.4 is 11.1 Å². The van der Waals surface area contributed by atoms with Crippen molar-refractivity contribution in [1.29, 1.82) is 0 Å². The fourth-order valence-electron chi connectivity index (χ4n) is 2.05. The highest BCUT2D eigenvalue weighted by Gasteiger charge is 2.12. The minimum absolute atomic E-state index is 0.0276. The zero-order valence-electron chi connectivity index (χ0n) is 13.5. The Hall–Kier alpha value is -1.79. The van der Waals surface area contributed by atoms with Crippen LogP contribution in [0.15, 0.2) is 18.2 Å². The first-order chi connectivity index (χ1) is 9.93. The summed E-state index contributed by atoms with van der Waals surface area (Å²) in [6.07, 6.45) is 2.11. The Morgan fingerprint density at radius 2 is 2.00 bits per heavy atom. The lowest BCUT2D eigenvalue weighted by Gasteiger charge is -2.16. The van der Waals surface area contributed by atoms with Crippen LogP contribution in [-0.4, -0.2) is 18.5 Å². The van der Waals surface area contributed by atoms with Crippen molar-refractivity contribution < 1.29 is 4.79 Å². The quantitative estimate of drug-likeness (QED) is 0.818. The second-order valence-electron chi connectivity index (χ2n) is 5.88. The van der Waals surface area contributed by atoms with Crippen LogP contribution in [0.5, 0.6) is 0 Å². The molecular weight excluding hydrogens is 260 g/mol. The lowest BCUT2D eigenvalue weighted by atomic mass is 10.0. The van der Waals surface area contributed by atoms with Gasteiger partial charge in [-0.15, -0.1) is 0 Å². The molecule has 0 aromatic heterocycles. The van der Waals surface area contributed by atoms with Crippen LogP contribution in [0.25, 0.3) is 0 Å². The van der Waals surface area contributed by atoms with Gasteiger partial charge >= 0.3 is 0 Å².